The Morgan fingerprint density at radius 2 is 2.33 bits per heavy atom. The van der Waals surface area contributed by atoms with E-state index in [9.17, 15) is 9.36 Å². The molecule has 1 heterocycles. The number of aromatic nitrogens is 2. The smallest absolute Gasteiger partial charge is 0.349 e. The summed E-state index contributed by atoms with van der Waals surface area (Å²) in [5.74, 6) is 0.145. The van der Waals surface area contributed by atoms with Crippen LogP contribution in [0, 0.1) is 5.92 Å². The number of nitrogen functional groups attached to an aromatic ring is 1. The van der Waals surface area contributed by atoms with E-state index < -0.39 is 19.4 Å². The first-order valence-electron chi connectivity index (χ1n) is 5.49. The van der Waals surface area contributed by atoms with E-state index in [0.717, 1.165) is 0 Å². The van der Waals surface area contributed by atoms with Gasteiger partial charge in [-0.3, -0.25) is 9.13 Å². The van der Waals surface area contributed by atoms with Crippen molar-refractivity contribution in [2.24, 2.45) is 5.92 Å². The van der Waals surface area contributed by atoms with Crippen LogP contribution >= 0.6 is 7.37 Å². The Labute approximate surface area is 105 Å². The lowest BCUT2D eigenvalue weighted by Gasteiger charge is -2.16. The van der Waals surface area contributed by atoms with Gasteiger partial charge in [0.2, 0.25) is 7.37 Å². The fraction of sp³-hybridized carbons (Fsp3) is 0.600. The molecular weight excluding hydrogens is 257 g/mol. The summed E-state index contributed by atoms with van der Waals surface area (Å²) in [5.41, 5.74) is 4.95. The number of aliphatic hydroxyl groups excluding tert-OH is 1. The molecule has 3 N–H and O–H groups in total. The summed E-state index contributed by atoms with van der Waals surface area (Å²) in [5, 5.41) is 8.80. The van der Waals surface area contributed by atoms with Gasteiger partial charge in [0.1, 0.15) is 12.2 Å². The summed E-state index contributed by atoms with van der Waals surface area (Å²) in [7, 11) is -2.92. The third-order valence-corrected chi connectivity index (χ3v) is 3.50. The highest BCUT2D eigenvalue weighted by atomic mass is 31.2. The van der Waals surface area contributed by atoms with Crippen LogP contribution in [0.5, 0.6) is 0 Å². The molecular formula is C10H18N3O4P. The van der Waals surface area contributed by atoms with Crippen LogP contribution in [0.2, 0.25) is 0 Å². The summed E-state index contributed by atoms with van der Waals surface area (Å²) in [6.45, 7) is 3.81. The van der Waals surface area contributed by atoms with E-state index in [1.165, 1.54) is 17.3 Å². The summed E-state index contributed by atoms with van der Waals surface area (Å²) in [6.07, 6.45) is 1.07. The van der Waals surface area contributed by atoms with Gasteiger partial charge < -0.3 is 15.4 Å². The van der Waals surface area contributed by atoms with Crippen molar-refractivity contribution in [3.63, 3.8) is 0 Å². The van der Waals surface area contributed by atoms with Crippen molar-refractivity contribution in [2.45, 2.75) is 13.5 Å². The Morgan fingerprint density at radius 1 is 1.67 bits per heavy atom. The van der Waals surface area contributed by atoms with Gasteiger partial charge in [-0.25, -0.2) is 4.79 Å². The number of nitrogens with two attached hydrogens (primary N) is 1. The van der Waals surface area contributed by atoms with Gasteiger partial charge in [-0.2, -0.15) is 4.98 Å². The Kier molecular flexibility index (Phi) is 5.07. The number of anilines is 1. The van der Waals surface area contributed by atoms with Crippen LogP contribution in [0.15, 0.2) is 17.1 Å². The molecule has 0 aliphatic heterocycles. The third-order valence-electron chi connectivity index (χ3n) is 2.29. The van der Waals surface area contributed by atoms with E-state index in [-0.39, 0.29) is 18.3 Å². The highest BCUT2D eigenvalue weighted by Crippen LogP contribution is 2.41. The SMILES string of the molecule is C[C@H](COP(C)(=O)CO)Cn1ccc(N)nc1=O. The highest BCUT2D eigenvalue weighted by Gasteiger charge is 2.16. The van der Waals surface area contributed by atoms with E-state index >= 15 is 0 Å². The van der Waals surface area contributed by atoms with Crippen LogP contribution in [0.25, 0.3) is 0 Å². The molecule has 0 aliphatic carbocycles. The molecule has 0 aliphatic rings. The molecule has 1 rings (SSSR count). The first-order chi connectivity index (χ1) is 8.34. The molecule has 0 spiro atoms. The molecule has 8 heteroatoms. The van der Waals surface area contributed by atoms with E-state index in [2.05, 4.69) is 4.98 Å². The van der Waals surface area contributed by atoms with Crippen LogP contribution in [0.3, 0.4) is 0 Å². The molecule has 1 aromatic rings. The molecule has 0 radical (unpaired) electrons. The first-order valence-corrected chi connectivity index (χ1v) is 7.74. The molecule has 0 fully saturated rings. The fourth-order valence-corrected chi connectivity index (χ4v) is 1.95. The van der Waals surface area contributed by atoms with Crippen LogP contribution in [-0.2, 0) is 15.6 Å². The maximum absolute atomic E-state index is 11.5. The number of hydrogen-bond donors (Lipinski definition) is 2. The number of hydrogen-bond acceptors (Lipinski definition) is 6. The predicted molar refractivity (Wildman–Crippen MR) is 68.6 cm³/mol. The number of rotatable bonds is 6. The van der Waals surface area contributed by atoms with E-state index in [1.807, 2.05) is 6.92 Å². The highest BCUT2D eigenvalue weighted by molar-refractivity contribution is 7.57. The second kappa shape index (κ2) is 6.13. The van der Waals surface area contributed by atoms with E-state index in [0.29, 0.717) is 6.54 Å². The fourth-order valence-electron chi connectivity index (χ4n) is 1.30. The van der Waals surface area contributed by atoms with Crippen molar-refractivity contribution in [3.05, 3.63) is 22.7 Å². The average molecular weight is 275 g/mol. The number of aliphatic hydroxyl groups is 1. The number of nitrogens with zero attached hydrogens (tertiary/aromatic N) is 2. The van der Waals surface area contributed by atoms with E-state index in [1.54, 1.807) is 6.20 Å². The van der Waals surface area contributed by atoms with Crippen LogP contribution in [0.4, 0.5) is 5.82 Å². The molecule has 0 amide bonds. The minimum absolute atomic E-state index is 0.0343. The Balaban J connectivity index is 2.57. The molecule has 2 atom stereocenters. The Hall–Kier alpha value is -1.17. The standard InChI is InChI=1S/C10H18N3O4P/c1-8(6-17-18(2,16)7-14)5-13-4-3-9(11)12-10(13)15/h3-4,8,14H,5-7H2,1-2H3,(H2,11,12,15)/t8-,18?/m0/s1. The molecule has 7 nitrogen and oxygen atoms in total. The van der Waals surface area contributed by atoms with Gasteiger partial charge in [-0.1, -0.05) is 6.92 Å². The van der Waals surface area contributed by atoms with Gasteiger partial charge in [0.05, 0.1) is 6.61 Å². The average Bonchev–Trinajstić information content (AvgIpc) is 2.30. The largest absolute Gasteiger partial charge is 0.386 e. The predicted octanol–water partition coefficient (Wildman–Crippen LogP) is 0.336. The van der Waals surface area contributed by atoms with Gasteiger partial charge in [0.15, 0.2) is 0 Å². The van der Waals surface area contributed by atoms with Gasteiger partial charge in [-0.05, 0) is 12.0 Å². The lowest BCUT2D eigenvalue weighted by molar-refractivity contribution is 0.228. The van der Waals surface area contributed by atoms with Crippen LogP contribution < -0.4 is 11.4 Å². The zero-order valence-corrected chi connectivity index (χ0v) is 11.3. The normalized spacial score (nSPS) is 16.2. The maximum atomic E-state index is 11.5. The van der Waals surface area contributed by atoms with Gasteiger partial charge in [0, 0.05) is 19.4 Å². The molecule has 0 saturated heterocycles. The Morgan fingerprint density at radius 3 is 2.89 bits per heavy atom. The topological polar surface area (TPSA) is 107 Å². The first kappa shape index (κ1) is 14.9. The van der Waals surface area contributed by atoms with Crippen LogP contribution in [-0.4, -0.2) is 34.3 Å². The van der Waals surface area contributed by atoms with Crippen LogP contribution in [0.1, 0.15) is 6.92 Å². The summed E-state index contributed by atoms with van der Waals surface area (Å²) in [6, 6.07) is 1.54. The van der Waals surface area contributed by atoms with Gasteiger partial charge in [-0.15, -0.1) is 0 Å². The molecule has 0 saturated carbocycles. The quantitative estimate of drug-likeness (QED) is 0.725. The second-order valence-corrected chi connectivity index (χ2v) is 6.91. The van der Waals surface area contributed by atoms with Crippen molar-refractivity contribution in [1.82, 2.24) is 9.55 Å². The van der Waals surface area contributed by atoms with Crippen molar-refractivity contribution in [1.29, 1.82) is 0 Å². The summed E-state index contributed by atoms with van der Waals surface area (Å²) >= 11 is 0. The summed E-state index contributed by atoms with van der Waals surface area (Å²) in [4.78, 5) is 15.1. The zero-order chi connectivity index (χ0) is 13.8. The monoisotopic (exact) mass is 275 g/mol. The minimum atomic E-state index is -2.92. The Bertz CT molecular complexity index is 502. The molecule has 1 aromatic heterocycles. The maximum Gasteiger partial charge on any atom is 0.349 e. The molecule has 0 bridgehead atoms. The van der Waals surface area contributed by atoms with Crippen molar-refractivity contribution < 1.29 is 14.2 Å². The third kappa shape index (κ3) is 4.60. The molecule has 1 unspecified atom stereocenters. The molecule has 18 heavy (non-hydrogen) atoms. The van der Waals surface area contributed by atoms with Crippen molar-refractivity contribution in [3.8, 4) is 0 Å². The molecule has 0 aromatic carbocycles. The van der Waals surface area contributed by atoms with Gasteiger partial charge >= 0.3 is 5.69 Å². The van der Waals surface area contributed by atoms with Crippen molar-refractivity contribution >= 4 is 13.2 Å². The minimum Gasteiger partial charge on any atom is -0.386 e. The van der Waals surface area contributed by atoms with Gasteiger partial charge in [0.25, 0.3) is 0 Å². The molecule has 102 valence electrons. The van der Waals surface area contributed by atoms with Crippen molar-refractivity contribution in [2.75, 3.05) is 25.4 Å². The van der Waals surface area contributed by atoms with E-state index in [4.69, 9.17) is 15.4 Å². The lowest BCUT2D eigenvalue weighted by atomic mass is 10.2. The second-order valence-electron chi connectivity index (χ2n) is 4.34. The lowest BCUT2D eigenvalue weighted by Crippen LogP contribution is -2.26. The zero-order valence-electron chi connectivity index (χ0n) is 10.4. The summed E-state index contributed by atoms with van der Waals surface area (Å²) < 4.78 is 18.0.